The fourth-order valence-corrected chi connectivity index (χ4v) is 3.02. The Morgan fingerprint density at radius 3 is 2.62 bits per heavy atom. The SMILES string of the molecule is O=C(CNC(=O)c1ccc(O)cc1)NC1CCCc2ccccc21. The number of carbonyl (C=O) groups excluding carboxylic acids is 2. The minimum absolute atomic E-state index is 0.00743. The van der Waals surface area contributed by atoms with Gasteiger partial charge >= 0.3 is 0 Å². The molecule has 2 amide bonds. The van der Waals surface area contributed by atoms with Crippen LogP contribution in [0.3, 0.4) is 0 Å². The summed E-state index contributed by atoms with van der Waals surface area (Å²) in [6.45, 7) is -0.0711. The van der Waals surface area contributed by atoms with Gasteiger partial charge in [-0.15, -0.1) is 0 Å². The van der Waals surface area contributed by atoms with Crippen molar-refractivity contribution >= 4 is 11.8 Å². The van der Waals surface area contributed by atoms with E-state index in [0.717, 1.165) is 19.3 Å². The molecule has 0 saturated carbocycles. The Hall–Kier alpha value is -2.82. The lowest BCUT2D eigenvalue weighted by molar-refractivity contribution is -0.121. The number of phenolic OH excluding ortho intramolecular Hbond substituents is 1. The third-order valence-corrected chi connectivity index (χ3v) is 4.24. The molecule has 5 nitrogen and oxygen atoms in total. The van der Waals surface area contributed by atoms with Crippen LogP contribution in [0, 0.1) is 0 Å². The van der Waals surface area contributed by atoms with Crippen LogP contribution in [0.5, 0.6) is 5.75 Å². The molecule has 0 saturated heterocycles. The Kier molecular flexibility index (Phi) is 4.79. The minimum Gasteiger partial charge on any atom is -0.508 e. The van der Waals surface area contributed by atoms with Gasteiger partial charge in [-0.25, -0.2) is 0 Å². The first-order valence-electron chi connectivity index (χ1n) is 8.08. The topological polar surface area (TPSA) is 78.4 Å². The molecule has 3 N–H and O–H groups in total. The second kappa shape index (κ2) is 7.17. The predicted molar refractivity (Wildman–Crippen MR) is 90.7 cm³/mol. The van der Waals surface area contributed by atoms with E-state index in [0.29, 0.717) is 5.56 Å². The van der Waals surface area contributed by atoms with Gasteiger partial charge in [0.1, 0.15) is 5.75 Å². The van der Waals surface area contributed by atoms with Crippen LogP contribution in [0.2, 0.25) is 0 Å². The average molecular weight is 324 g/mol. The summed E-state index contributed by atoms with van der Waals surface area (Å²) < 4.78 is 0. The summed E-state index contributed by atoms with van der Waals surface area (Å²) in [4.78, 5) is 24.1. The van der Waals surface area contributed by atoms with Crippen LogP contribution in [0.15, 0.2) is 48.5 Å². The summed E-state index contributed by atoms with van der Waals surface area (Å²) in [6, 6.07) is 14.1. The quantitative estimate of drug-likeness (QED) is 0.807. The van der Waals surface area contributed by atoms with E-state index in [1.165, 1.54) is 35.4 Å². The maximum absolute atomic E-state index is 12.1. The van der Waals surface area contributed by atoms with Gasteiger partial charge in [-0.05, 0) is 54.7 Å². The molecule has 5 heteroatoms. The van der Waals surface area contributed by atoms with Gasteiger partial charge in [-0.2, -0.15) is 0 Å². The second-order valence-electron chi connectivity index (χ2n) is 5.94. The summed E-state index contributed by atoms with van der Waals surface area (Å²) >= 11 is 0. The summed E-state index contributed by atoms with van der Waals surface area (Å²) in [7, 11) is 0. The summed E-state index contributed by atoms with van der Waals surface area (Å²) in [5.74, 6) is -0.446. The maximum atomic E-state index is 12.1. The highest BCUT2D eigenvalue weighted by Crippen LogP contribution is 2.29. The number of hydrogen-bond acceptors (Lipinski definition) is 3. The van der Waals surface area contributed by atoms with Crippen molar-refractivity contribution < 1.29 is 14.7 Å². The molecular weight excluding hydrogens is 304 g/mol. The van der Waals surface area contributed by atoms with Crippen LogP contribution >= 0.6 is 0 Å². The highest BCUT2D eigenvalue weighted by Gasteiger charge is 2.21. The zero-order chi connectivity index (χ0) is 16.9. The first-order chi connectivity index (χ1) is 11.6. The molecule has 0 spiro atoms. The lowest BCUT2D eigenvalue weighted by Crippen LogP contribution is -2.39. The highest BCUT2D eigenvalue weighted by atomic mass is 16.3. The zero-order valence-electron chi connectivity index (χ0n) is 13.3. The van der Waals surface area contributed by atoms with Crippen molar-refractivity contribution in [1.29, 1.82) is 0 Å². The Balaban J connectivity index is 1.55. The van der Waals surface area contributed by atoms with Crippen molar-refractivity contribution in [3.63, 3.8) is 0 Å². The van der Waals surface area contributed by atoms with Crippen molar-refractivity contribution in [2.24, 2.45) is 0 Å². The van der Waals surface area contributed by atoms with Crippen LogP contribution in [0.25, 0.3) is 0 Å². The van der Waals surface area contributed by atoms with E-state index in [2.05, 4.69) is 22.8 Å². The number of benzene rings is 2. The number of carbonyl (C=O) groups is 2. The molecule has 0 radical (unpaired) electrons. The van der Waals surface area contributed by atoms with E-state index in [9.17, 15) is 14.7 Å². The van der Waals surface area contributed by atoms with Crippen LogP contribution in [-0.2, 0) is 11.2 Å². The molecule has 1 aliphatic carbocycles. The van der Waals surface area contributed by atoms with Gasteiger partial charge in [0.15, 0.2) is 0 Å². The van der Waals surface area contributed by atoms with E-state index in [1.807, 2.05) is 12.1 Å². The van der Waals surface area contributed by atoms with Gasteiger partial charge in [0.25, 0.3) is 5.91 Å². The standard InChI is InChI=1S/C19H20N2O3/c22-15-10-8-14(9-11-15)19(24)20-12-18(23)21-17-7-3-5-13-4-1-2-6-16(13)17/h1-2,4,6,8-11,17,22H,3,5,7,12H2,(H,20,24)(H,21,23). The maximum Gasteiger partial charge on any atom is 0.251 e. The van der Waals surface area contributed by atoms with Crippen molar-refractivity contribution in [2.45, 2.75) is 25.3 Å². The van der Waals surface area contributed by atoms with Gasteiger partial charge in [-0.3, -0.25) is 9.59 Å². The normalized spacial score (nSPS) is 16.1. The molecule has 1 unspecified atom stereocenters. The van der Waals surface area contributed by atoms with Crippen LogP contribution in [0.4, 0.5) is 0 Å². The first-order valence-corrected chi connectivity index (χ1v) is 8.08. The number of aryl methyl sites for hydroxylation is 1. The highest BCUT2D eigenvalue weighted by molar-refractivity contribution is 5.96. The van der Waals surface area contributed by atoms with E-state index in [4.69, 9.17) is 0 Å². The average Bonchev–Trinajstić information content (AvgIpc) is 2.61. The van der Waals surface area contributed by atoms with Crippen molar-refractivity contribution in [3.8, 4) is 5.75 Å². The third-order valence-electron chi connectivity index (χ3n) is 4.24. The summed E-state index contributed by atoms with van der Waals surface area (Å²) in [6.07, 6.45) is 3.00. The Morgan fingerprint density at radius 2 is 1.83 bits per heavy atom. The number of phenols is 1. The zero-order valence-corrected chi connectivity index (χ0v) is 13.3. The molecule has 3 rings (SSSR count). The fraction of sp³-hybridized carbons (Fsp3) is 0.263. The fourth-order valence-electron chi connectivity index (χ4n) is 3.02. The van der Waals surface area contributed by atoms with Crippen LogP contribution in [-0.4, -0.2) is 23.5 Å². The van der Waals surface area contributed by atoms with Gasteiger partial charge in [-0.1, -0.05) is 24.3 Å². The van der Waals surface area contributed by atoms with Crippen LogP contribution < -0.4 is 10.6 Å². The molecule has 124 valence electrons. The number of rotatable bonds is 4. The molecule has 24 heavy (non-hydrogen) atoms. The largest absolute Gasteiger partial charge is 0.508 e. The summed E-state index contributed by atoms with van der Waals surface area (Å²) in [5.41, 5.74) is 2.85. The third kappa shape index (κ3) is 3.74. The van der Waals surface area contributed by atoms with Gasteiger partial charge in [0.05, 0.1) is 12.6 Å². The number of fused-ring (bicyclic) bond motifs is 1. The van der Waals surface area contributed by atoms with Crippen molar-refractivity contribution in [3.05, 3.63) is 65.2 Å². The minimum atomic E-state index is -0.339. The number of nitrogens with one attached hydrogen (secondary N) is 2. The van der Waals surface area contributed by atoms with Crippen LogP contribution in [0.1, 0.15) is 40.4 Å². The smallest absolute Gasteiger partial charge is 0.251 e. The molecule has 1 atom stereocenters. The Morgan fingerprint density at radius 1 is 1.08 bits per heavy atom. The molecular formula is C19H20N2O3. The lowest BCUT2D eigenvalue weighted by Gasteiger charge is -2.26. The predicted octanol–water partition coefficient (Wildman–Crippen LogP) is 2.32. The monoisotopic (exact) mass is 324 g/mol. The van der Waals surface area contributed by atoms with Crippen molar-refractivity contribution in [1.82, 2.24) is 10.6 Å². The molecule has 0 bridgehead atoms. The van der Waals surface area contributed by atoms with E-state index < -0.39 is 0 Å². The van der Waals surface area contributed by atoms with E-state index >= 15 is 0 Å². The Bertz CT molecular complexity index is 741. The molecule has 1 aliphatic rings. The summed E-state index contributed by atoms with van der Waals surface area (Å²) in [5, 5.41) is 14.8. The van der Waals surface area contributed by atoms with Gasteiger partial charge in [0.2, 0.25) is 5.91 Å². The molecule has 0 heterocycles. The second-order valence-corrected chi connectivity index (χ2v) is 5.94. The lowest BCUT2D eigenvalue weighted by atomic mass is 9.88. The molecule has 2 aromatic rings. The number of hydrogen-bond donors (Lipinski definition) is 3. The number of amides is 2. The Labute approximate surface area is 140 Å². The number of aromatic hydroxyl groups is 1. The first kappa shape index (κ1) is 16.1. The van der Waals surface area contributed by atoms with E-state index in [1.54, 1.807) is 0 Å². The molecule has 0 aromatic heterocycles. The van der Waals surface area contributed by atoms with E-state index in [-0.39, 0.29) is 30.2 Å². The molecule has 0 aliphatic heterocycles. The molecule has 0 fully saturated rings. The van der Waals surface area contributed by atoms with Gasteiger partial charge < -0.3 is 15.7 Å². The van der Waals surface area contributed by atoms with Gasteiger partial charge in [0, 0.05) is 5.56 Å². The van der Waals surface area contributed by atoms with Crippen molar-refractivity contribution in [2.75, 3.05) is 6.54 Å². The molecule has 2 aromatic carbocycles.